The fourth-order valence-electron chi connectivity index (χ4n) is 9.26. The van der Waals surface area contributed by atoms with Crippen molar-refractivity contribution in [2.24, 2.45) is 0 Å². The highest BCUT2D eigenvalue weighted by Crippen LogP contribution is 2.49. The minimum atomic E-state index is -1.03. The number of likely N-dealkylation sites (tertiary alicyclic amines) is 1. The van der Waals surface area contributed by atoms with E-state index in [1.165, 1.54) is 11.0 Å². The monoisotopic (exact) mass is 761 g/mol. The van der Waals surface area contributed by atoms with Gasteiger partial charge in [-0.2, -0.15) is 15.2 Å². The molecule has 4 saturated heterocycles. The SMILES string of the molecule is CC(C)(C)OC(=O)Nc1oc2ccc(F)c(-c3c4c(c5c(N6C7CC6CN(C(=O)O)C7)nc(OC[C@@]67CCCN6C[C@H](F)C7)nc5c3F)COC4)c2c1C#N. The minimum Gasteiger partial charge on any atom is -0.465 e. The fourth-order valence-corrected chi connectivity index (χ4v) is 9.26. The number of carbonyl (C=O) groups is 2. The van der Waals surface area contributed by atoms with E-state index in [-0.39, 0.29) is 96.5 Å². The number of amides is 2. The van der Waals surface area contributed by atoms with Gasteiger partial charge in [-0.05, 0) is 69.8 Å². The highest BCUT2D eigenvalue weighted by molar-refractivity contribution is 6.07. The molecule has 4 atom stereocenters. The number of fused-ring (bicyclic) bond motifs is 7. The maximum Gasteiger partial charge on any atom is 0.414 e. The van der Waals surface area contributed by atoms with E-state index in [1.54, 1.807) is 20.8 Å². The van der Waals surface area contributed by atoms with Gasteiger partial charge in [0, 0.05) is 37.2 Å². The molecule has 2 aromatic heterocycles. The van der Waals surface area contributed by atoms with Gasteiger partial charge >= 0.3 is 18.2 Å². The molecule has 5 aliphatic heterocycles. The molecule has 2 aromatic carbocycles. The van der Waals surface area contributed by atoms with Gasteiger partial charge < -0.3 is 33.5 Å². The van der Waals surface area contributed by atoms with Crippen molar-refractivity contribution in [3.05, 3.63) is 40.5 Å². The van der Waals surface area contributed by atoms with Crippen LogP contribution in [0.1, 0.15) is 63.1 Å². The van der Waals surface area contributed by atoms with Crippen LogP contribution in [0.2, 0.25) is 0 Å². The summed E-state index contributed by atoms with van der Waals surface area (Å²) in [6.45, 7) is 6.44. The third kappa shape index (κ3) is 5.67. The van der Waals surface area contributed by atoms with Crippen molar-refractivity contribution in [3.63, 3.8) is 0 Å². The summed E-state index contributed by atoms with van der Waals surface area (Å²) in [5, 5.41) is 22.7. The largest absolute Gasteiger partial charge is 0.465 e. The van der Waals surface area contributed by atoms with Crippen molar-refractivity contribution in [1.82, 2.24) is 19.8 Å². The summed E-state index contributed by atoms with van der Waals surface area (Å²) in [6.07, 6.45) is -0.352. The number of nitrogens with zero attached hydrogens (tertiary/aromatic N) is 6. The van der Waals surface area contributed by atoms with Crippen molar-refractivity contribution >= 4 is 45.8 Å². The first kappa shape index (κ1) is 35.4. The van der Waals surface area contributed by atoms with Crippen LogP contribution in [0.3, 0.4) is 0 Å². The van der Waals surface area contributed by atoms with Crippen molar-refractivity contribution < 1.29 is 46.5 Å². The van der Waals surface area contributed by atoms with Crippen LogP contribution in [0, 0.1) is 23.0 Å². The number of nitriles is 1. The molecule has 5 aliphatic rings. The number of aromatic nitrogens is 2. The molecule has 7 heterocycles. The maximum absolute atomic E-state index is 17.6. The lowest BCUT2D eigenvalue weighted by molar-refractivity contribution is 0.0632. The van der Waals surface area contributed by atoms with Crippen LogP contribution in [0.15, 0.2) is 16.5 Å². The summed E-state index contributed by atoms with van der Waals surface area (Å²) in [5.41, 5.74) is -1.48. The average molecular weight is 762 g/mol. The lowest BCUT2D eigenvalue weighted by atomic mass is 9.86. The van der Waals surface area contributed by atoms with Gasteiger partial charge in [0.1, 0.15) is 52.7 Å². The molecule has 288 valence electrons. The predicted molar refractivity (Wildman–Crippen MR) is 191 cm³/mol. The predicted octanol–water partition coefficient (Wildman–Crippen LogP) is 6.47. The third-order valence-electron chi connectivity index (χ3n) is 11.5. The second-order valence-corrected chi connectivity index (χ2v) is 16.0. The molecule has 0 saturated carbocycles. The topological polar surface area (TPSA) is 167 Å². The molecule has 0 aliphatic carbocycles. The molecule has 0 radical (unpaired) electrons. The lowest BCUT2D eigenvalue weighted by Crippen LogP contribution is -2.70. The van der Waals surface area contributed by atoms with Gasteiger partial charge in [0.2, 0.25) is 5.88 Å². The van der Waals surface area contributed by atoms with Crippen LogP contribution in [0.25, 0.3) is 33.0 Å². The van der Waals surface area contributed by atoms with E-state index in [9.17, 15) is 24.3 Å². The number of anilines is 2. The van der Waals surface area contributed by atoms with Crippen LogP contribution < -0.4 is 15.0 Å². The van der Waals surface area contributed by atoms with E-state index in [4.69, 9.17) is 23.6 Å². The van der Waals surface area contributed by atoms with Gasteiger partial charge in [-0.1, -0.05) is 0 Å². The van der Waals surface area contributed by atoms with Crippen LogP contribution in [0.5, 0.6) is 6.01 Å². The van der Waals surface area contributed by atoms with E-state index < -0.39 is 41.1 Å². The van der Waals surface area contributed by atoms with Crippen LogP contribution >= 0.6 is 0 Å². The molecule has 2 N–H and O–H groups in total. The van der Waals surface area contributed by atoms with Crippen LogP contribution in [-0.2, 0) is 22.7 Å². The van der Waals surface area contributed by atoms with Gasteiger partial charge in [-0.25, -0.2) is 22.8 Å². The van der Waals surface area contributed by atoms with E-state index in [0.717, 1.165) is 25.5 Å². The number of carboxylic acid groups (broad SMARTS) is 1. The summed E-state index contributed by atoms with van der Waals surface area (Å²) in [7, 11) is 0. The number of alkyl halides is 1. The second-order valence-electron chi connectivity index (χ2n) is 16.0. The summed E-state index contributed by atoms with van der Waals surface area (Å²) >= 11 is 0. The molecule has 0 spiro atoms. The first-order valence-electron chi connectivity index (χ1n) is 18.3. The number of piperazine rings is 1. The Morgan fingerprint density at radius 2 is 1.87 bits per heavy atom. The molecule has 4 fully saturated rings. The van der Waals surface area contributed by atoms with Crippen molar-refractivity contribution in [3.8, 4) is 23.2 Å². The number of rotatable bonds is 6. The molecular formula is C38H38F3N7O7. The minimum absolute atomic E-state index is 0.00952. The van der Waals surface area contributed by atoms with Crippen LogP contribution in [-0.4, -0.2) is 99.2 Å². The normalized spacial score (nSPS) is 24.5. The standard InChI is InChI=1S/C38H38F3N7O7/c1-37(2,3)55-35(49)45-33-21(11-42)26-25(54-33)6-5-24(40)29(26)27-22-15-52-16-23(22)28-31(30(27)41)43-34(53-17-38-7-4-8-47(38)12-18(39)10-38)44-32(28)48-19-9-20(48)14-46(13-19)36(50)51/h5-6,18-20H,4,7-10,12-17H2,1-3H3,(H,45,49)(H,50,51)/t18-,19?,20?,38+/m1/s1. The lowest BCUT2D eigenvalue weighted by Gasteiger charge is -2.56. The Bertz CT molecular complexity index is 2330. The summed E-state index contributed by atoms with van der Waals surface area (Å²) < 4.78 is 71.9. The highest BCUT2D eigenvalue weighted by Gasteiger charge is 2.51. The van der Waals surface area contributed by atoms with Crippen molar-refractivity contribution in [2.45, 2.75) is 89.1 Å². The number of piperidine rings is 1. The first-order valence-corrected chi connectivity index (χ1v) is 18.3. The number of benzene rings is 2. The number of hydrogen-bond donors (Lipinski definition) is 2. The van der Waals surface area contributed by atoms with Gasteiger partial charge in [0.25, 0.3) is 0 Å². The third-order valence-corrected chi connectivity index (χ3v) is 11.5. The molecule has 17 heteroatoms. The number of halogens is 3. The zero-order chi connectivity index (χ0) is 38.6. The molecule has 4 aromatic rings. The molecule has 14 nitrogen and oxygen atoms in total. The Balaban J connectivity index is 1.22. The average Bonchev–Trinajstić information content (AvgIpc) is 3.89. The summed E-state index contributed by atoms with van der Waals surface area (Å²) in [5.74, 6) is -1.73. The zero-order valence-electron chi connectivity index (χ0n) is 30.4. The number of carbonyl (C=O) groups excluding carboxylic acids is 1. The van der Waals surface area contributed by atoms with Gasteiger partial charge in [-0.3, -0.25) is 10.2 Å². The number of furan rings is 1. The Morgan fingerprint density at radius 1 is 1.11 bits per heavy atom. The number of ether oxygens (including phenoxy) is 3. The number of nitrogens with one attached hydrogen (secondary N) is 1. The molecule has 2 unspecified atom stereocenters. The van der Waals surface area contributed by atoms with Crippen LogP contribution in [0.4, 0.5) is 34.5 Å². The molecule has 2 amide bonds. The quantitative estimate of drug-likeness (QED) is 0.220. The molecule has 2 bridgehead atoms. The van der Waals surface area contributed by atoms with Crippen molar-refractivity contribution in [2.75, 3.05) is 43.0 Å². The van der Waals surface area contributed by atoms with E-state index in [0.29, 0.717) is 35.3 Å². The second kappa shape index (κ2) is 12.6. The Morgan fingerprint density at radius 3 is 2.60 bits per heavy atom. The fraction of sp³-hybridized carbons (Fsp3) is 0.500. The Hall–Kier alpha value is -5.34. The van der Waals surface area contributed by atoms with Gasteiger partial charge in [0.05, 0.1) is 41.6 Å². The Labute approximate surface area is 312 Å². The summed E-state index contributed by atoms with van der Waals surface area (Å²) in [6, 6.07) is 3.70. The van der Waals surface area contributed by atoms with Gasteiger partial charge in [-0.15, -0.1) is 0 Å². The summed E-state index contributed by atoms with van der Waals surface area (Å²) in [4.78, 5) is 39.4. The van der Waals surface area contributed by atoms with E-state index >= 15 is 8.78 Å². The smallest absolute Gasteiger partial charge is 0.414 e. The zero-order valence-corrected chi connectivity index (χ0v) is 30.4. The van der Waals surface area contributed by atoms with E-state index in [1.807, 2.05) is 11.0 Å². The number of hydrogen-bond acceptors (Lipinski definition) is 11. The molecule has 9 rings (SSSR count). The van der Waals surface area contributed by atoms with Gasteiger partial charge in [0.15, 0.2) is 5.82 Å². The molecular weight excluding hydrogens is 723 g/mol. The van der Waals surface area contributed by atoms with Crippen molar-refractivity contribution in [1.29, 1.82) is 5.26 Å². The first-order chi connectivity index (χ1) is 26.2. The maximum atomic E-state index is 17.6. The van der Waals surface area contributed by atoms with E-state index in [2.05, 4.69) is 15.2 Å². The highest BCUT2D eigenvalue weighted by atomic mass is 19.1. The Kier molecular flexibility index (Phi) is 8.10. The molecule has 55 heavy (non-hydrogen) atoms.